The number of hydrogen-bond acceptors (Lipinski definition) is 6. The third-order valence-corrected chi connectivity index (χ3v) is 4.60. The van der Waals surface area contributed by atoms with Gasteiger partial charge in [0.05, 0.1) is 17.8 Å². The van der Waals surface area contributed by atoms with Crippen molar-refractivity contribution in [3.63, 3.8) is 0 Å². The number of amides is 1. The van der Waals surface area contributed by atoms with Gasteiger partial charge in [-0.25, -0.2) is 4.98 Å². The molecule has 0 aliphatic carbocycles. The Morgan fingerprint density at radius 1 is 1.33 bits per heavy atom. The van der Waals surface area contributed by atoms with Crippen molar-refractivity contribution in [3.8, 4) is 0 Å². The second-order valence-corrected chi connectivity index (χ2v) is 6.08. The van der Waals surface area contributed by atoms with E-state index in [9.17, 15) is 4.79 Å². The number of aryl methyl sites for hydroxylation is 1. The van der Waals surface area contributed by atoms with E-state index in [1.165, 1.54) is 12.5 Å². The number of nitrogens with zero attached hydrogens (tertiary/aromatic N) is 7. The molecular formula is C15H18N8O. The summed E-state index contributed by atoms with van der Waals surface area (Å²) in [4.78, 5) is 22.2. The number of anilines is 1. The monoisotopic (exact) mass is 326 g/mol. The van der Waals surface area contributed by atoms with E-state index in [-0.39, 0.29) is 6.04 Å². The van der Waals surface area contributed by atoms with Gasteiger partial charge in [-0.3, -0.25) is 9.48 Å². The van der Waals surface area contributed by atoms with Gasteiger partial charge in [-0.05, 0) is 20.3 Å². The molecule has 1 atom stereocenters. The van der Waals surface area contributed by atoms with E-state index in [0.717, 1.165) is 36.6 Å². The van der Waals surface area contributed by atoms with Gasteiger partial charge in [0.25, 0.3) is 11.7 Å². The molecule has 1 amide bonds. The first-order valence-corrected chi connectivity index (χ1v) is 7.80. The first-order valence-electron chi connectivity index (χ1n) is 7.80. The fourth-order valence-corrected chi connectivity index (χ4v) is 3.20. The van der Waals surface area contributed by atoms with Crippen molar-refractivity contribution < 1.29 is 4.79 Å². The molecule has 1 aliphatic rings. The molecule has 0 spiro atoms. The molecule has 1 fully saturated rings. The van der Waals surface area contributed by atoms with Crippen LogP contribution in [0.3, 0.4) is 0 Å². The van der Waals surface area contributed by atoms with E-state index < -0.39 is 5.91 Å². The van der Waals surface area contributed by atoms with E-state index in [1.807, 2.05) is 18.5 Å². The lowest BCUT2D eigenvalue weighted by Crippen LogP contribution is -2.25. The molecule has 1 aliphatic heterocycles. The third kappa shape index (κ3) is 2.20. The summed E-state index contributed by atoms with van der Waals surface area (Å²) >= 11 is 0. The number of carbonyl (C=O) groups excluding carboxylic acids is 1. The summed E-state index contributed by atoms with van der Waals surface area (Å²) in [5.74, 6) is 1.16. The predicted octanol–water partition coefficient (Wildman–Crippen LogP) is 0.488. The van der Waals surface area contributed by atoms with Crippen molar-refractivity contribution in [2.24, 2.45) is 5.73 Å². The van der Waals surface area contributed by atoms with Crippen molar-refractivity contribution >= 4 is 17.5 Å². The minimum atomic E-state index is -0.457. The minimum absolute atomic E-state index is 0.185. The van der Waals surface area contributed by atoms with Gasteiger partial charge < -0.3 is 10.6 Å². The number of rotatable bonds is 3. The summed E-state index contributed by atoms with van der Waals surface area (Å²) in [7, 11) is 0. The molecule has 9 nitrogen and oxygen atoms in total. The van der Waals surface area contributed by atoms with Gasteiger partial charge in [-0.15, -0.1) is 0 Å². The quantitative estimate of drug-likeness (QED) is 0.750. The highest BCUT2D eigenvalue weighted by Crippen LogP contribution is 2.29. The lowest BCUT2D eigenvalue weighted by Gasteiger charge is -2.22. The summed E-state index contributed by atoms with van der Waals surface area (Å²) < 4.78 is 3.60. The number of nitrogens with two attached hydrogens (primary N) is 1. The van der Waals surface area contributed by atoms with Crippen LogP contribution in [0.4, 0.5) is 5.82 Å². The van der Waals surface area contributed by atoms with Gasteiger partial charge >= 0.3 is 0 Å². The Labute approximate surface area is 138 Å². The summed E-state index contributed by atoms with van der Waals surface area (Å²) in [6.45, 7) is 5.67. The van der Waals surface area contributed by atoms with Gasteiger partial charge in [-0.2, -0.15) is 19.7 Å². The third-order valence-electron chi connectivity index (χ3n) is 4.60. The number of fused-ring (bicyclic) bond motifs is 1. The Balaban J connectivity index is 1.66. The van der Waals surface area contributed by atoms with Crippen LogP contribution in [-0.4, -0.2) is 48.4 Å². The molecule has 4 rings (SSSR count). The zero-order valence-electron chi connectivity index (χ0n) is 13.5. The van der Waals surface area contributed by atoms with Crippen LogP contribution in [0.25, 0.3) is 5.78 Å². The second kappa shape index (κ2) is 5.29. The van der Waals surface area contributed by atoms with Crippen LogP contribution in [0.5, 0.6) is 0 Å². The Kier molecular flexibility index (Phi) is 3.22. The fraction of sp³-hybridized carbons (Fsp3) is 0.400. The van der Waals surface area contributed by atoms with Crippen LogP contribution in [0.2, 0.25) is 0 Å². The first kappa shape index (κ1) is 14.6. The smallest absolute Gasteiger partial charge is 0.254 e. The topological polar surface area (TPSA) is 107 Å². The maximum absolute atomic E-state index is 11.2. The Morgan fingerprint density at radius 3 is 2.92 bits per heavy atom. The highest BCUT2D eigenvalue weighted by atomic mass is 16.1. The van der Waals surface area contributed by atoms with Crippen LogP contribution >= 0.6 is 0 Å². The lowest BCUT2D eigenvalue weighted by molar-refractivity contribution is 0.1000. The molecule has 1 unspecified atom stereocenters. The van der Waals surface area contributed by atoms with Gasteiger partial charge in [0.15, 0.2) is 0 Å². The zero-order chi connectivity index (χ0) is 16.8. The highest BCUT2D eigenvalue weighted by Gasteiger charge is 2.28. The van der Waals surface area contributed by atoms with Crippen LogP contribution in [0.1, 0.15) is 34.1 Å². The molecule has 24 heavy (non-hydrogen) atoms. The van der Waals surface area contributed by atoms with Gasteiger partial charge in [0.2, 0.25) is 0 Å². The number of carbonyl (C=O) groups is 1. The average molecular weight is 326 g/mol. The van der Waals surface area contributed by atoms with Crippen molar-refractivity contribution in [1.82, 2.24) is 29.4 Å². The van der Waals surface area contributed by atoms with Gasteiger partial charge in [0.1, 0.15) is 12.1 Å². The Hall–Kier alpha value is -2.97. The standard InChI is InChI=1S/C15H18N8O/c1-9-10(2)20-15-17-8-19-23(15)14(9)21-4-3-12(7-21)22-6-11(5-18-22)13(16)24/h5-6,8,12H,3-4,7H2,1-2H3,(H2,16,24). The maximum atomic E-state index is 11.2. The number of aromatic nitrogens is 6. The van der Waals surface area contributed by atoms with Crippen LogP contribution < -0.4 is 10.6 Å². The molecule has 1 saturated heterocycles. The van der Waals surface area contributed by atoms with Gasteiger partial charge in [-0.1, -0.05) is 0 Å². The summed E-state index contributed by atoms with van der Waals surface area (Å²) in [6, 6.07) is 0.185. The molecule has 0 bridgehead atoms. The van der Waals surface area contributed by atoms with Crippen LogP contribution in [0, 0.1) is 13.8 Å². The molecule has 0 radical (unpaired) electrons. The van der Waals surface area contributed by atoms with E-state index in [2.05, 4.69) is 25.1 Å². The first-order chi connectivity index (χ1) is 11.5. The van der Waals surface area contributed by atoms with Crippen LogP contribution in [0.15, 0.2) is 18.7 Å². The molecule has 0 saturated carbocycles. The SMILES string of the molecule is Cc1nc2ncnn2c(N2CCC(n3cc(C(N)=O)cn3)C2)c1C. The molecule has 3 aromatic heterocycles. The van der Waals surface area contributed by atoms with E-state index in [0.29, 0.717) is 11.3 Å². The molecule has 0 aromatic carbocycles. The zero-order valence-corrected chi connectivity index (χ0v) is 13.5. The minimum Gasteiger partial charge on any atom is -0.366 e. The van der Waals surface area contributed by atoms with E-state index in [1.54, 1.807) is 10.7 Å². The van der Waals surface area contributed by atoms with Crippen molar-refractivity contribution in [2.45, 2.75) is 26.3 Å². The molecule has 9 heteroatoms. The van der Waals surface area contributed by atoms with Crippen molar-refractivity contribution in [2.75, 3.05) is 18.0 Å². The lowest BCUT2D eigenvalue weighted by atomic mass is 10.2. The molecule has 3 aromatic rings. The normalized spacial score (nSPS) is 17.8. The molecular weight excluding hydrogens is 308 g/mol. The number of hydrogen-bond donors (Lipinski definition) is 1. The largest absolute Gasteiger partial charge is 0.366 e. The Morgan fingerprint density at radius 2 is 2.17 bits per heavy atom. The highest BCUT2D eigenvalue weighted by molar-refractivity contribution is 5.92. The fourth-order valence-electron chi connectivity index (χ4n) is 3.20. The maximum Gasteiger partial charge on any atom is 0.254 e. The van der Waals surface area contributed by atoms with E-state index >= 15 is 0 Å². The molecule has 4 heterocycles. The molecule has 124 valence electrons. The summed E-state index contributed by atoms with van der Waals surface area (Å²) in [5.41, 5.74) is 7.77. The van der Waals surface area contributed by atoms with Crippen molar-refractivity contribution in [3.05, 3.63) is 35.5 Å². The van der Waals surface area contributed by atoms with Crippen molar-refractivity contribution in [1.29, 1.82) is 0 Å². The van der Waals surface area contributed by atoms with Gasteiger partial charge in [0, 0.05) is 30.5 Å². The van der Waals surface area contributed by atoms with Crippen LogP contribution in [-0.2, 0) is 0 Å². The second-order valence-electron chi connectivity index (χ2n) is 6.08. The predicted molar refractivity (Wildman–Crippen MR) is 86.9 cm³/mol. The summed E-state index contributed by atoms with van der Waals surface area (Å²) in [5, 5.41) is 8.59. The van der Waals surface area contributed by atoms with E-state index in [4.69, 9.17) is 5.73 Å². The molecule has 2 N–H and O–H groups in total. The average Bonchev–Trinajstić information content (AvgIpc) is 3.27. The number of primary amides is 1. The summed E-state index contributed by atoms with van der Waals surface area (Å²) in [6.07, 6.45) is 5.68. The Bertz CT molecular complexity index is 927.